The number of fused-ring (bicyclic) bond motifs is 1. The number of aryl methyl sites for hydroxylation is 3. The summed E-state index contributed by atoms with van der Waals surface area (Å²) in [7, 11) is 0. The van der Waals surface area contributed by atoms with Gasteiger partial charge in [-0.3, -0.25) is 9.78 Å². The predicted molar refractivity (Wildman–Crippen MR) is 104 cm³/mol. The Balaban J connectivity index is 1.49. The first kappa shape index (κ1) is 18.2. The smallest absolute Gasteiger partial charge is 0.303 e. The van der Waals surface area contributed by atoms with E-state index in [4.69, 9.17) is 9.84 Å². The second-order valence-corrected chi connectivity index (χ2v) is 6.95. The molecule has 0 saturated heterocycles. The standard InChI is InChI=1S/C23H20FNO3/c24-19-5-9-22(17-4-2-15-1-3-16(15)11-17)18(12-19)14-28-21-8-6-20(25-13-21)7-10-23(26)27/h2,4-6,8-9,11-13H,1,3,7,10,14H2,(H,26,27). The van der Waals surface area contributed by atoms with Crippen molar-refractivity contribution in [3.05, 3.63) is 82.9 Å². The van der Waals surface area contributed by atoms with E-state index in [1.54, 1.807) is 24.4 Å². The molecule has 0 atom stereocenters. The van der Waals surface area contributed by atoms with Gasteiger partial charge < -0.3 is 9.84 Å². The number of halogens is 1. The Kier molecular flexibility index (Phi) is 5.06. The molecule has 1 aliphatic carbocycles. The zero-order valence-corrected chi connectivity index (χ0v) is 15.3. The van der Waals surface area contributed by atoms with Gasteiger partial charge in [0.15, 0.2) is 0 Å². The SMILES string of the molecule is O=C(O)CCc1ccc(OCc2cc(F)ccc2-c2ccc3c(c2)CC3)cn1. The van der Waals surface area contributed by atoms with E-state index >= 15 is 0 Å². The molecule has 0 unspecified atom stereocenters. The van der Waals surface area contributed by atoms with Crippen LogP contribution in [0.15, 0.2) is 54.7 Å². The van der Waals surface area contributed by atoms with Crippen molar-refractivity contribution in [2.24, 2.45) is 0 Å². The number of ether oxygens (including phenoxy) is 1. The first-order valence-electron chi connectivity index (χ1n) is 9.28. The Morgan fingerprint density at radius 1 is 1.07 bits per heavy atom. The number of rotatable bonds is 7. The van der Waals surface area contributed by atoms with Gasteiger partial charge >= 0.3 is 5.97 Å². The Morgan fingerprint density at radius 2 is 1.93 bits per heavy atom. The summed E-state index contributed by atoms with van der Waals surface area (Å²) in [6.45, 7) is 0.223. The van der Waals surface area contributed by atoms with Crippen LogP contribution in [0, 0.1) is 5.82 Å². The number of carboxylic acids is 1. The van der Waals surface area contributed by atoms with Crippen LogP contribution in [0.1, 0.15) is 28.8 Å². The maximum absolute atomic E-state index is 13.8. The minimum absolute atomic E-state index is 0.0423. The van der Waals surface area contributed by atoms with Gasteiger partial charge in [-0.25, -0.2) is 4.39 Å². The molecule has 4 rings (SSSR count). The summed E-state index contributed by atoms with van der Waals surface area (Å²) in [6, 6.07) is 14.7. The number of hydrogen-bond acceptors (Lipinski definition) is 3. The molecular formula is C23H20FNO3. The van der Waals surface area contributed by atoms with Crippen molar-refractivity contribution in [2.45, 2.75) is 32.3 Å². The van der Waals surface area contributed by atoms with Crippen LogP contribution < -0.4 is 4.74 Å². The van der Waals surface area contributed by atoms with Gasteiger partial charge in [-0.15, -0.1) is 0 Å². The topological polar surface area (TPSA) is 59.4 Å². The van der Waals surface area contributed by atoms with Crippen LogP contribution in [-0.2, 0) is 30.7 Å². The molecule has 1 aliphatic rings. The summed E-state index contributed by atoms with van der Waals surface area (Å²) in [4.78, 5) is 14.9. The molecule has 5 heteroatoms. The molecule has 0 saturated carbocycles. The molecule has 0 bridgehead atoms. The Labute approximate surface area is 162 Å². The highest BCUT2D eigenvalue weighted by molar-refractivity contribution is 5.69. The van der Waals surface area contributed by atoms with Crippen LogP contribution in [0.2, 0.25) is 0 Å². The van der Waals surface area contributed by atoms with Gasteiger partial charge in [-0.2, -0.15) is 0 Å². The van der Waals surface area contributed by atoms with Gasteiger partial charge in [-0.1, -0.05) is 24.3 Å². The monoisotopic (exact) mass is 377 g/mol. The normalized spacial score (nSPS) is 12.2. The van der Waals surface area contributed by atoms with Crippen LogP contribution in [-0.4, -0.2) is 16.1 Å². The highest BCUT2D eigenvalue weighted by atomic mass is 19.1. The van der Waals surface area contributed by atoms with Gasteiger partial charge in [0.2, 0.25) is 0 Å². The molecule has 0 aliphatic heterocycles. The summed E-state index contributed by atoms with van der Waals surface area (Å²) < 4.78 is 19.6. The second kappa shape index (κ2) is 7.80. The van der Waals surface area contributed by atoms with E-state index in [2.05, 4.69) is 23.2 Å². The summed E-state index contributed by atoms with van der Waals surface area (Å²) in [5.41, 5.74) is 6.24. The molecule has 3 aromatic rings. The quantitative estimate of drug-likeness (QED) is 0.655. The van der Waals surface area contributed by atoms with Crippen molar-refractivity contribution in [2.75, 3.05) is 0 Å². The van der Waals surface area contributed by atoms with Crippen LogP contribution >= 0.6 is 0 Å². The molecular weight excluding hydrogens is 357 g/mol. The predicted octanol–water partition coefficient (Wildman–Crippen LogP) is 4.58. The number of benzene rings is 2. The lowest BCUT2D eigenvalue weighted by atomic mass is 9.85. The van der Waals surface area contributed by atoms with Crippen molar-refractivity contribution in [3.8, 4) is 16.9 Å². The largest absolute Gasteiger partial charge is 0.487 e. The number of aromatic nitrogens is 1. The highest BCUT2D eigenvalue weighted by Gasteiger charge is 2.15. The third-order valence-electron chi connectivity index (χ3n) is 5.04. The molecule has 1 aromatic heterocycles. The number of pyridine rings is 1. The van der Waals surface area contributed by atoms with Crippen molar-refractivity contribution in [3.63, 3.8) is 0 Å². The molecule has 1 heterocycles. The lowest BCUT2D eigenvalue weighted by Gasteiger charge is -2.20. The van der Waals surface area contributed by atoms with Gasteiger partial charge in [0.05, 0.1) is 12.6 Å². The zero-order valence-electron chi connectivity index (χ0n) is 15.3. The maximum Gasteiger partial charge on any atom is 0.303 e. The summed E-state index contributed by atoms with van der Waals surface area (Å²) in [5.74, 6) is -0.587. The average molecular weight is 377 g/mol. The van der Waals surface area contributed by atoms with Crippen LogP contribution in [0.4, 0.5) is 4.39 Å². The molecule has 0 radical (unpaired) electrons. The lowest BCUT2D eigenvalue weighted by molar-refractivity contribution is -0.136. The maximum atomic E-state index is 13.8. The molecule has 0 amide bonds. The van der Waals surface area contributed by atoms with E-state index in [9.17, 15) is 9.18 Å². The minimum Gasteiger partial charge on any atom is -0.487 e. The Hall–Kier alpha value is -3.21. The van der Waals surface area contributed by atoms with E-state index in [1.807, 2.05) is 0 Å². The number of carbonyl (C=O) groups is 1. The van der Waals surface area contributed by atoms with Gasteiger partial charge in [0.25, 0.3) is 0 Å². The van der Waals surface area contributed by atoms with E-state index in [1.165, 1.54) is 23.3 Å². The number of hydrogen-bond donors (Lipinski definition) is 1. The van der Waals surface area contributed by atoms with E-state index in [0.29, 0.717) is 17.9 Å². The number of nitrogens with zero attached hydrogens (tertiary/aromatic N) is 1. The van der Waals surface area contributed by atoms with Crippen LogP contribution in [0.25, 0.3) is 11.1 Å². The van der Waals surface area contributed by atoms with Crippen LogP contribution in [0.3, 0.4) is 0 Å². The molecule has 0 fully saturated rings. The molecule has 142 valence electrons. The molecule has 1 N–H and O–H groups in total. The van der Waals surface area contributed by atoms with Gasteiger partial charge in [0.1, 0.15) is 18.2 Å². The van der Waals surface area contributed by atoms with Crippen molar-refractivity contribution in [1.82, 2.24) is 4.98 Å². The minimum atomic E-state index is -0.850. The Bertz CT molecular complexity index is 1010. The van der Waals surface area contributed by atoms with Crippen molar-refractivity contribution >= 4 is 5.97 Å². The summed E-state index contributed by atoms with van der Waals surface area (Å²) in [5, 5.41) is 8.73. The summed E-state index contributed by atoms with van der Waals surface area (Å²) in [6.07, 6.45) is 4.21. The fourth-order valence-corrected chi connectivity index (χ4v) is 3.37. The highest BCUT2D eigenvalue weighted by Crippen LogP contribution is 2.31. The summed E-state index contributed by atoms with van der Waals surface area (Å²) >= 11 is 0. The van der Waals surface area contributed by atoms with E-state index < -0.39 is 5.97 Å². The molecule has 2 aromatic carbocycles. The van der Waals surface area contributed by atoms with E-state index in [0.717, 1.165) is 29.5 Å². The number of carboxylic acid groups (broad SMARTS) is 1. The van der Waals surface area contributed by atoms with Crippen molar-refractivity contribution < 1.29 is 19.0 Å². The van der Waals surface area contributed by atoms with Gasteiger partial charge in [0, 0.05) is 12.1 Å². The third-order valence-corrected chi connectivity index (χ3v) is 5.04. The first-order chi connectivity index (χ1) is 13.6. The first-order valence-corrected chi connectivity index (χ1v) is 9.28. The number of aliphatic carboxylic acids is 1. The fourth-order valence-electron chi connectivity index (χ4n) is 3.37. The molecule has 4 nitrogen and oxygen atoms in total. The third kappa shape index (κ3) is 4.03. The average Bonchev–Trinajstić information content (AvgIpc) is 2.67. The van der Waals surface area contributed by atoms with Crippen LogP contribution in [0.5, 0.6) is 5.75 Å². The fraction of sp³-hybridized carbons (Fsp3) is 0.217. The van der Waals surface area contributed by atoms with Gasteiger partial charge in [-0.05, 0) is 64.9 Å². The molecule has 0 spiro atoms. The Morgan fingerprint density at radius 3 is 2.61 bits per heavy atom. The van der Waals surface area contributed by atoms with E-state index in [-0.39, 0.29) is 18.8 Å². The second-order valence-electron chi connectivity index (χ2n) is 6.95. The molecule has 28 heavy (non-hydrogen) atoms. The zero-order chi connectivity index (χ0) is 19.5. The van der Waals surface area contributed by atoms with Crippen molar-refractivity contribution in [1.29, 1.82) is 0 Å². The lowest BCUT2D eigenvalue weighted by Crippen LogP contribution is -2.08.